The fourth-order valence-corrected chi connectivity index (χ4v) is 3.36. The largest absolute Gasteiger partial charge is 0.416 e. The summed E-state index contributed by atoms with van der Waals surface area (Å²) in [6.45, 7) is 1.96. The van der Waals surface area contributed by atoms with Crippen molar-refractivity contribution in [1.29, 1.82) is 0 Å². The van der Waals surface area contributed by atoms with Gasteiger partial charge in [0, 0.05) is 12.2 Å². The van der Waals surface area contributed by atoms with Gasteiger partial charge in [-0.05, 0) is 36.8 Å². The molecule has 2 aromatic heterocycles. The molecule has 1 unspecified atom stereocenters. The molecule has 0 radical (unpaired) electrons. The molecule has 1 atom stereocenters. The van der Waals surface area contributed by atoms with Crippen molar-refractivity contribution in [3.63, 3.8) is 0 Å². The zero-order valence-corrected chi connectivity index (χ0v) is 18.3. The molecule has 0 aliphatic heterocycles. The third-order valence-corrected chi connectivity index (χ3v) is 5.23. The van der Waals surface area contributed by atoms with E-state index in [2.05, 4.69) is 25.7 Å². The molecule has 0 aliphatic carbocycles. The molecule has 0 saturated heterocycles. The van der Waals surface area contributed by atoms with Crippen LogP contribution in [0.4, 0.5) is 30.6 Å². The lowest BCUT2D eigenvalue weighted by Gasteiger charge is -2.25. The van der Waals surface area contributed by atoms with E-state index in [1.807, 2.05) is 30.3 Å². The lowest BCUT2D eigenvalue weighted by atomic mass is 9.93. The smallest absolute Gasteiger partial charge is 0.352 e. The molecule has 2 heterocycles. The number of hydrogen-bond acceptors (Lipinski definition) is 9. The van der Waals surface area contributed by atoms with Crippen LogP contribution in [-0.4, -0.2) is 41.6 Å². The van der Waals surface area contributed by atoms with Crippen molar-refractivity contribution in [2.75, 3.05) is 17.2 Å². The third-order valence-electron chi connectivity index (χ3n) is 5.23. The monoisotopic (exact) mass is 489 g/mol. The number of aliphatic hydroxyl groups is 3. The van der Waals surface area contributed by atoms with Gasteiger partial charge in [0.25, 0.3) is 0 Å². The Kier molecular flexibility index (Phi) is 6.11. The number of rotatable bonds is 7. The number of alkyl halides is 3. The van der Waals surface area contributed by atoms with Crippen LogP contribution < -0.4 is 16.4 Å². The van der Waals surface area contributed by atoms with Crippen LogP contribution in [0.15, 0.2) is 60.8 Å². The number of nitrogens with zero attached hydrogens (tertiary/aromatic N) is 4. The zero-order valence-electron chi connectivity index (χ0n) is 18.3. The summed E-state index contributed by atoms with van der Waals surface area (Å²) < 4.78 is 39.1. The van der Waals surface area contributed by atoms with E-state index in [-0.39, 0.29) is 35.0 Å². The molecule has 4 aromatic rings. The number of anilines is 3. The average Bonchev–Trinajstić information content (AvgIpc) is 3.23. The molecule has 2 aromatic carbocycles. The van der Waals surface area contributed by atoms with Gasteiger partial charge in [0.15, 0.2) is 5.65 Å². The Morgan fingerprint density at radius 3 is 2.20 bits per heavy atom. The Bertz CT molecular complexity index is 1320. The van der Waals surface area contributed by atoms with Gasteiger partial charge in [-0.3, -0.25) is 0 Å². The van der Waals surface area contributed by atoms with E-state index in [1.165, 1.54) is 18.3 Å². The number of fused-ring (bicyclic) bond motifs is 1. The number of benzene rings is 2. The lowest BCUT2D eigenvalue weighted by Crippen LogP contribution is -2.40. The minimum Gasteiger partial charge on any atom is -0.352 e. The Balaban J connectivity index is 1.69. The van der Waals surface area contributed by atoms with Gasteiger partial charge < -0.3 is 31.7 Å². The fraction of sp³-hybridized carbons (Fsp3) is 0.227. The van der Waals surface area contributed by atoms with Gasteiger partial charge in [0.1, 0.15) is 5.82 Å². The summed E-state index contributed by atoms with van der Waals surface area (Å²) in [7, 11) is 0. The van der Waals surface area contributed by atoms with Gasteiger partial charge in [-0.1, -0.05) is 30.3 Å². The normalized spacial score (nSPS) is 14.1. The second-order valence-electron chi connectivity index (χ2n) is 8.13. The Labute approximate surface area is 196 Å². The maximum absolute atomic E-state index is 12.9. The molecule has 0 aliphatic rings. The van der Waals surface area contributed by atoms with Crippen molar-refractivity contribution in [3.8, 4) is 0 Å². The first-order valence-corrected chi connectivity index (χ1v) is 10.3. The van der Waals surface area contributed by atoms with Crippen LogP contribution in [0.5, 0.6) is 0 Å². The molecular weight excluding hydrogens is 467 g/mol. The average molecular weight is 489 g/mol. The SMILES string of the molecule is CC(N)(CNc1nc(Nc2ccc(C(F)(F)F)cc2)c2cnn(C(O)(O)O)c2n1)c1ccccc1. The van der Waals surface area contributed by atoms with E-state index < -0.39 is 23.4 Å². The topological polar surface area (TPSA) is 154 Å². The number of hydrogen-bond donors (Lipinski definition) is 6. The van der Waals surface area contributed by atoms with Gasteiger partial charge in [-0.2, -0.15) is 32.9 Å². The first kappa shape index (κ1) is 24.3. The molecule has 184 valence electrons. The van der Waals surface area contributed by atoms with Crippen LogP contribution in [0, 0.1) is 0 Å². The van der Waals surface area contributed by atoms with Gasteiger partial charge in [0.05, 0.1) is 22.7 Å². The third kappa shape index (κ3) is 5.33. The number of nitrogens with one attached hydrogen (secondary N) is 2. The van der Waals surface area contributed by atoms with Gasteiger partial charge >= 0.3 is 12.3 Å². The first-order valence-electron chi connectivity index (χ1n) is 10.3. The van der Waals surface area contributed by atoms with Crippen LogP contribution in [0.2, 0.25) is 0 Å². The van der Waals surface area contributed by atoms with Crippen molar-refractivity contribution in [3.05, 3.63) is 71.9 Å². The summed E-state index contributed by atoms with van der Waals surface area (Å²) in [5.74, 6) is 0.0803. The molecule has 0 spiro atoms. The van der Waals surface area contributed by atoms with Crippen molar-refractivity contribution >= 4 is 28.5 Å². The predicted octanol–water partition coefficient (Wildman–Crippen LogP) is 2.42. The van der Waals surface area contributed by atoms with E-state index in [1.54, 1.807) is 6.92 Å². The summed E-state index contributed by atoms with van der Waals surface area (Å²) >= 11 is 0. The van der Waals surface area contributed by atoms with Crippen LogP contribution in [0.25, 0.3) is 11.0 Å². The Hall–Kier alpha value is -3.78. The maximum Gasteiger partial charge on any atom is 0.416 e. The molecular formula is C22H22F3N7O3. The van der Waals surface area contributed by atoms with E-state index in [9.17, 15) is 28.5 Å². The summed E-state index contributed by atoms with van der Waals surface area (Å²) in [6, 6.07) is 13.5. The Morgan fingerprint density at radius 1 is 0.943 bits per heavy atom. The molecule has 0 bridgehead atoms. The van der Waals surface area contributed by atoms with E-state index in [0.29, 0.717) is 4.68 Å². The van der Waals surface area contributed by atoms with Crippen molar-refractivity contribution in [2.24, 2.45) is 5.73 Å². The minimum absolute atomic E-state index is 0.00878. The summed E-state index contributed by atoms with van der Waals surface area (Å²) in [4.78, 5) is 8.55. The molecule has 0 fully saturated rings. The molecule has 35 heavy (non-hydrogen) atoms. The zero-order chi connectivity index (χ0) is 25.4. The number of nitrogens with two attached hydrogens (primary N) is 1. The highest BCUT2D eigenvalue weighted by atomic mass is 19.4. The molecule has 13 heteroatoms. The second-order valence-corrected chi connectivity index (χ2v) is 8.13. The quantitative estimate of drug-likeness (QED) is 0.215. The highest BCUT2D eigenvalue weighted by molar-refractivity contribution is 5.89. The number of halogens is 3. The van der Waals surface area contributed by atoms with Gasteiger partial charge in [-0.15, -0.1) is 0 Å². The van der Waals surface area contributed by atoms with Crippen molar-refractivity contribution in [2.45, 2.75) is 24.7 Å². The maximum atomic E-state index is 12.9. The molecule has 0 saturated carbocycles. The van der Waals surface area contributed by atoms with E-state index >= 15 is 0 Å². The highest BCUT2D eigenvalue weighted by Crippen LogP contribution is 2.32. The van der Waals surface area contributed by atoms with Gasteiger partial charge in [-0.25, -0.2) is 0 Å². The van der Waals surface area contributed by atoms with E-state index in [0.717, 1.165) is 17.7 Å². The van der Waals surface area contributed by atoms with E-state index in [4.69, 9.17) is 5.73 Å². The van der Waals surface area contributed by atoms with Crippen molar-refractivity contribution < 1.29 is 28.5 Å². The molecule has 7 N–H and O–H groups in total. The number of aromatic nitrogens is 4. The molecule has 0 amide bonds. The predicted molar refractivity (Wildman–Crippen MR) is 121 cm³/mol. The summed E-state index contributed by atoms with van der Waals surface area (Å²) in [6.07, 6.45) is -6.68. The van der Waals surface area contributed by atoms with Crippen LogP contribution >= 0.6 is 0 Å². The van der Waals surface area contributed by atoms with Crippen LogP contribution in [0.3, 0.4) is 0 Å². The molecule has 4 rings (SSSR count). The van der Waals surface area contributed by atoms with Crippen molar-refractivity contribution in [1.82, 2.24) is 19.7 Å². The van der Waals surface area contributed by atoms with Gasteiger partial charge in [0.2, 0.25) is 5.95 Å². The van der Waals surface area contributed by atoms with Crippen LogP contribution in [0.1, 0.15) is 18.1 Å². The molecule has 10 nitrogen and oxygen atoms in total. The Morgan fingerprint density at radius 2 is 1.60 bits per heavy atom. The minimum atomic E-state index is -4.49. The second kappa shape index (κ2) is 8.78. The first-order chi connectivity index (χ1) is 16.3. The summed E-state index contributed by atoms with van der Waals surface area (Å²) in [5, 5.41) is 38.7. The highest BCUT2D eigenvalue weighted by Gasteiger charge is 2.30. The lowest BCUT2D eigenvalue weighted by molar-refractivity contribution is -0.378. The fourth-order valence-electron chi connectivity index (χ4n) is 3.36. The van der Waals surface area contributed by atoms with Crippen LogP contribution in [-0.2, 0) is 17.8 Å². The standard InChI is InChI=1S/C22H22F3N7O3/c1-20(26,13-5-3-2-4-6-13)12-27-19-30-17(16-11-28-32(18(16)31-19)22(33,34)35)29-15-9-7-14(8-10-15)21(23,24)25/h2-11,33-35H,12,26H2,1H3,(H2,27,29,30,31). The summed E-state index contributed by atoms with van der Waals surface area (Å²) in [5.41, 5.74) is 5.71.